The van der Waals surface area contributed by atoms with Crippen molar-refractivity contribution in [2.24, 2.45) is 0 Å². The number of sulfonamides is 1. The maximum absolute atomic E-state index is 12.4. The van der Waals surface area contributed by atoms with Crippen LogP contribution in [0.4, 0.5) is 5.69 Å². The number of rotatable bonds is 6. The summed E-state index contributed by atoms with van der Waals surface area (Å²) >= 11 is 6.32. The largest absolute Gasteiger partial charge is 0.300 e. The van der Waals surface area contributed by atoms with Crippen LogP contribution in [0.2, 0.25) is 4.34 Å². The quantitative estimate of drug-likeness (QED) is 0.586. The molecule has 7 nitrogen and oxygen atoms in total. The van der Waals surface area contributed by atoms with Gasteiger partial charge in [0.15, 0.2) is 4.34 Å². The van der Waals surface area contributed by atoms with Gasteiger partial charge in [-0.1, -0.05) is 11.6 Å². The summed E-state index contributed by atoms with van der Waals surface area (Å²) in [6.07, 6.45) is 0.0403. The summed E-state index contributed by atoms with van der Waals surface area (Å²) in [5.74, 6) is 0. The average molecular weight is 338 g/mol. The van der Waals surface area contributed by atoms with Gasteiger partial charge in [0.1, 0.15) is 4.21 Å². The Labute approximate surface area is 125 Å². The maximum Gasteiger partial charge on any atom is 0.300 e. The minimum absolute atomic E-state index is 0.0276. The van der Waals surface area contributed by atoms with Crippen molar-refractivity contribution < 1.29 is 13.3 Å². The van der Waals surface area contributed by atoms with E-state index in [2.05, 4.69) is 0 Å². The van der Waals surface area contributed by atoms with Crippen molar-refractivity contribution in [2.75, 3.05) is 6.54 Å². The molecule has 0 radical (unpaired) electrons. The minimum atomic E-state index is -3.90. The number of halogens is 1. The number of nitrogens with zero attached hydrogens (tertiary/aromatic N) is 3. The molecule has 110 valence electrons. The zero-order valence-corrected chi connectivity index (χ0v) is 13.1. The summed E-state index contributed by atoms with van der Waals surface area (Å²) in [5, 5.41) is 19.3. The van der Waals surface area contributed by atoms with Crippen LogP contribution in [0.25, 0.3) is 0 Å². The second kappa shape index (κ2) is 6.49. The van der Waals surface area contributed by atoms with Gasteiger partial charge in [-0.3, -0.25) is 10.1 Å². The summed E-state index contributed by atoms with van der Waals surface area (Å²) in [6, 6.07) is 2.46. The first-order valence-corrected chi connectivity index (χ1v) is 8.17. The standard InChI is InChI=1S/C10H12ClN3O4S2/c1-7(2)13(5-3-4-12)20(17,18)9-6-8(14(15)16)10(11)19-9/h6-7H,3,5H2,1-2H3. The molecule has 0 amide bonds. The highest BCUT2D eigenvalue weighted by Gasteiger charge is 2.31. The molecule has 0 fully saturated rings. The molecule has 0 aliphatic carbocycles. The second-order valence-corrected chi connectivity index (χ2v) is 7.87. The summed E-state index contributed by atoms with van der Waals surface area (Å²) in [5.41, 5.74) is -0.431. The molecule has 1 rings (SSSR count). The van der Waals surface area contributed by atoms with Gasteiger partial charge in [0.05, 0.1) is 11.0 Å². The lowest BCUT2D eigenvalue weighted by Crippen LogP contribution is -2.37. The van der Waals surface area contributed by atoms with Gasteiger partial charge in [0, 0.05) is 25.1 Å². The smallest absolute Gasteiger partial charge is 0.258 e. The molecule has 0 unspecified atom stereocenters. The van der Waals surface area contributed by atoms with Crippen molar-refractivity contribution >= 4 is 38.6 Å². The molecular formula is C10H12ClN3O4S2. The first-order chi connectivity index (χ1) is 9.21. The van der Waals surface area contributed by atoms with Crippen molar-refractivity contribution in [3.05, 3.63) is 20.5 Å². The van der Waals surface area contributed by atoms with Crippen molar-refractivity contribution in [3.63, 3.8) is 0 Å². The lowest BCUT2D eigenvalue weighted by atomic mass is 10.3. The lowest BCUT2D eigenvalue weighted by Gasteiger charge is -2.23. The first kappa shape index (κ1) is 16.8. The molecular weight excluding hydrogens is 326 g/mol. The number of nitriles is 1. The number of hydrogen-bond donors (Lipinski definition) is 0. The van der Waals surface area contributed by atoms with E-state index in [9.17, 15) is 18.5 Å². The predicted octanol–water partition coefficient (Wildman–Crippen LogP) is 2.62. The van der Waals surface area contributed by atoms with Crippen LogP contribution in [0.15, 0.2) is 10.3 Å². The molecule has 1 aromatic heterocycles. The summed E-state index contributed by atoms with van der Waals surface area (Å²) < 4.78 is 25.6. The monoisotopic (exact) mass is 337 g/mol. The molecule has 0 bridgehead atoms. The highest BCUT2D eigenvalue weighted by molar-refractivity contribution is 7.91. The average Bonchev–Trinajstić information content (AvgIpc) is 2.72. The molecule has 0 N–H and O–H groups in total. The van der Waals surface area contributed by atoms with Gasteiger partial charge >= 0.3 is 0 Å². The van der Waals surface area contributed by atoms with Gasteiger partial charge in [-0.25, -0.2) is 8.42 Å². The predicted molar refractivity (Wildman–Crippen MR) is 75.2 cm³/mol. The van der Waals surface area contributed by atoms with Crippen molar-refractivity contribution in [2.45, 2.75) is 30.5 Å². The molecule has 0 saturated heterocycles. The Bertz CT molecular complexity index is 648. The van der Waals surface area contributed by atoms with E-state index in [0.29, 0.717) is 11.3 Å². The van der Waals surface area contributed by atoms with Gasteiger partial charge < -0.3 is 0 Å². The lowest BCUT2D eigenvalue weighted by molar-refractivity contribution is -0.384. The maximum atomic E-state index is 12.4. The van der Waals surface area contributed by atoms with Crippen LogP contribution < -0.4 is 0 Å². The normalized spacial score (nSPS) is 11.8. The van der Waals surface area contributed by atoms with Crippen LogP contribution in [-0.4, -0.2) is 30.2 Å². The van der Waals surface area contributed by atoms with Gasteiger partial charge in [-0.05, 0) is 13.8 Å². The fourth-order valence-electron chi connectivity index (χ4n) is 1.52. The molecule has 0 spiro atoms. The fraction of sp³-hybridized carbons (Fsp3) is 0.500. The van der Waals surface area contributed by atoms with Gasteiger partial charge in [0.2, 0.25) is 0 Å². The number of thiophene rings is 1. The van der Waals surface area contributed by atoms with E-state index in [1.165, 1.54) is 0 Å². The van der Waals surface area contributed by atoms with Gasteiger partial charge in [-0.2, -0.15) is 9.57 Å². The Morgan fingerprint density at radius 1 is 1.60 bits per heavy atom. The van der Waals surface area contributed by atoms with Crippen LogP contribution >= 0.6 is 22.9 Å². The van der Waals surface area contributed by atoms with Gasteiger partial charge in [-0.15, -0.1) is 11.3 Å². The van der Waals surface area contributed by atoms with Crippen LogP contribution in [0.1, 0.15) is 20.3 Å². The number of hydrogen-bond acceptors (Lipinski definition) is 6. The Hall–Kier alpha value is -1.21. The third-order valence-electron chi connectivity index (χ3n) is 2.43. The molecule has 0 atom stereocenters. The molecule has 1 aromatic rings. The molecule has 20 heavy (non-hydrogen) atoms. The highest BCUT2D eigenvalue weighted by Crippen LogP contribution is 2.37. The second-order valence-electron chi connectivity index (χ2n) is 4.10. The molecule has 0 saturated carbocycles. The Balaban J connectivity index is 3.23. The van der Waals surface area contributed by atoms with E-state index in [4.69, 9.17) is 16.9 Å². The van der Waals surface area contributed by atoms with Crippen molar-refractivity contribution in [1.29, 1.82) is 5.26 Å². The summed E-state index contributed by atoms with van der Waals surface area (Å²) in [4.78, 5) is 9.98. The van der Waals surface area contributed by atoms with Crippen molar-refractivity contribution in [1.82, 2.24) is 4.31 Å². The van der Waals surface area contributed by atoms with E-state index in [1.54, 1.807) is 13.8 Å². The zero-order valence-electron chi connectivity index (χ0n) is 10.7. The van der Waals surface area contributed by atoms with Crippen LogP contribution in [0.3, 0.4) is 0 Å². The minimum Gasteiger partial charge on any atom is -0.258 e. The molecule has 0 aliphatic rings. The highest BCUT2D eigenvalue weighted by atomic mass is 35.5. The van der Waals surface area contributed by atoms with E-state index < -0.39 is 20.6 Å². The Kier molecular flexibility index (Phi) is 5.47. The Morgan fingerprint density at radius 3 is 2.60 bits per heavy atom. The first-order valence-electron chi connectivity index (χ1n) is 5.54. The zero-order chi connectivity index (χ0) is 15.5. The van der Waals surface area contributed by atoms with E-state index in [0.717, 1.165) is 10.4 Å². The topological polar surface area (TPSA) is 104 Å². The number of nitro groups is 1. The van der Waals surface area contributed by atoms with Crippen LogP contribution in [0.5, 0.6) is 0 Å². The Morgan fingerprint density at radius 2 is 2.20 bits per heavy atom. The summed E-state index contributed by atoms with van der Waals surface area (Å²) in [7, 11) is -3.90. The SMILES string of the molecule is CC(C)N(CCC#N)S(=O)(=O)c1cc([N+](=O)[O-])c(Cl)s1. The third-order valence-corrected chi connectivity index (χ3v) is 6.29. The molecule has 10 heteroatoms. The van der Waals surface area contributed by atoms with E-state index in [-0.39, 0.29) is 27.6 Å². The van der Waals surface area contributed by atoms with E-state index >= 15 is 0 Å². The third kappa shape index (κ3) is 3.46. The van der Waals surface area contributed by atoms with Crippen LogP contribution in [0, 0.1) is 21.4 Å². The summed E-state index contributed by atoms with van der Waals surface area (Å²) in [6.45, 7) is 3.36. The fourth-order valence-corrected chi connectivity index (χ4v) is 4.95. The van der Waals surface area contributed by atoms with Crippen LogP contribution in [-0.2, 0) is 10.0 Å². The van der Waals surface area contributed by atoms with Crippen molar-refractivity contribution in [3.8, 4) is 6.07 Å². The molecule has 1 heterocycles. The van der Waals surface area contributed by atoms with E-state index in [1.807, 2.05) is 6.07 Å². The van der Waals surface area contributed by atoms with Gasteiger partial charge in [0.25, 0.3) is 15.7 Å². The molecule has 0 aliphatic heterocycles. The molecule has 0 aromatic carbocycles.